The van der Waals surface area contributed by atoms with E-state index in [2.05, 4.69) is 17.0 Å². The van der Waals surface area contributed by atoms with Crippen molar-refractivity contribution < 1.29 is 28.9 Å². The molecule has 214 valence electrons. The fourth-order valence-corrected chi connectivity index (χ4v) is 5.16. The Hall–Kier alpha value is -3.98. The summed E-state index contributed by atoms with van der Waals surface area (Å²) < 4.78 is 17.1. The van der Waals surface area contributed by atoms with Crippen molar-refractivity contribution in [2.75, 3.05) is 33.3 Å². The van der Waals surface area contributed by atoms with Crippen LogP contribution < -0.4 is 0 Å². The first-order chi connectivity index (χ1) is 20.0. The number of nitrogens with zero attached hydrogens (tertiary/aromatic N) is 2. The number of hydrogen-bond acceptors (Lipinski definition) is 7. The SMILES string of the molecule is COC(=O)c1ccc([C@@H]2C=C(C(=O)N3CCN(Cc4ccccc4)CC3)O[C@H](OCc3ccc(CO)cc3)C2)cc1. The Morgan fingerprint density at radius 3 is 2.22 bits per heavy atom. The Morgan fingerprint density at radius 2 is 1.56 bits per heavy atom. The fourth-order valence-electron chi connectivity index (χ4n) is 5.16. The molecule has 0 aromatic heterocycles. The zero-order chi connectivity index (χ0) is 28.6. The molecule has 0 aliphatic carbocycles. The maximum absolute atomic E-state index is 13.6. The zero-order valence-corrected chi connectivity index (χ0v) is 23.3. The van der Waals surface area contributed by atoms with Crippen molar-refractivity contribution in [1.29, 1.82) is 0 Å². The lowest BCUT2D eigenvalue weighted by molar-refractivity contribution is -0.157. The van der Waals surface area contributed by atoms with E-state index in [1.807, 2.05) is 65.6 Å². The van der Waals surface area contributed by atoms with Gasteiger partial charge in [0.05, 0.1) is 25.9 Å². The van der Waals surface area contributed by atoms with Crippen molar-refractivity contribution in [3.8, 4) is 0 Å². The van der Waals surface area contributed by atoms with Gasteiger partial charge in [0.1, 0.15) is 0 Å². The molecule has 8 nitrogen and oxygen atoms in total. The highest BCUT2D eigenvalue weighted by atomic mass is 16.7. The fraction of sp³-hybridized carbons (Fsp3) is 0.333. The van der Waals surface area contributed by atoms with Crippen molar-refractivity contribution in [2.45, 2.75) is 38.4 Å². The van der Waals surface area contributed by atoms with E-state index in [1.54, 1.807) is 12.1 Å². The summed E-state index contributed by atoms with van der Waals surface area (Å²) in [5.74, 6) is -0.373. The Labute approximate surface area is 240 Å². The normalized spacial score (nSPS) is 19.3. The minimum Gasteiger partial charge on any atom is -0.465 e. The molecule has 0 unspecified atom stereocenters. The summed E-state index contributed by atoms with van der Waals surface area (Å²) >= 11 is 0. The molecule has 0 saturated carbocycles. The van der Waals surface area contributed by atoms with E-state index < -0.39 is 12.3 Å². The second-order valence-corrected chi connectivity index (χ2v) is 10.4. The minimum absolute atomic E-state index is 0.0138. The summed E-state index contributed by atoms with van der Waals surface area (Å²) in [5.41, 5.74) is 4.47. The first kappa shape index (κ1) is 28.5. The molecular weight excluding hydrogens is 520 g/mol. The molecule has 0 spiro atoms. The molecule has 41 heavy (non-hydrogen) atoms. The van der Waals surface area contributed by atoms with Crippen LogP contribution in [0.15, 0.2) is 90.7 Å². The van der Waals surface area contributed by atoms with Gasteiger partial charge in [0.2, 0.25) is 6.29 Å². The number of benzene rings is 3. The van der Waals surface area contributed by atoms with Crippen LogP contribution in [0.5, 0.6) is 0 Å². The Morgan fingerprint density at radius 1 is 0.878 bits per heavy atom. The topological polar surface area (TPSA) is 88.5 Å². The highest BCUT2D eigenvalue weighted by molar-refractivity contribution is 5.92. The number of aliphatic hydroxyl groups excluding tert-OH is 1. The molecule has 2 aliphatic rings. The number of esters is 1. The lowest BCUT2D eigenvalue weighted by atomic mass is 9.92. The maximum Gasteiger partial charge on any atom is 0.337 e. The van der Waals surface area contributed by atoms with Gasteiger partial charge < -0.3 is 24.2 Å². The number of carbonyl (C=O) groups excluding carboxylic acids is 2. The van der Waals surface area contributed by atoms with Gasteiger partial charge in [-0.1, -0.05) is 66.7 Å². The van der Waals surface area contributed by atoms with Gasteiger partial charge in [-0.25, -0.2) is 4.79 Å². The Kier molecular flexibility index (Phi) is 9.46. The van der Waals surface area contributed by atoms with Gasteiger partial charge in [0, 0.05) is 45.1 Å². The van der Waals surface area contributed by atoms with E-state index in [9.17, 15) is 14.7 Å². The van der Waals surface area contributed by atoms with Crippen LogP contribution in [0.4, 0.5) is 0 Å². The smallest absolute Gasteiger partial charge is 0.337 e. The predicted octanol–water partition coefficient (Wildman–Crippen LogP) is 4.24. The molecular formula is C33H36N2O6. The molecule has 2 atom stereocenters. The number of methoxy groups -OCH3 is 1. The van der Waals surface area contributed by atoms with Gasteiger partial charge in [-0.2, -0.15) is 0 Å². The molecule has 1 N–H and O–H groups in total. The second-order valence-electron chi connectivity index (χ2n) is 10.4. The van der Waals surface area contributed by atoms with E-state index in [0.717, 1.165) is 36.3 Å². The highest BCUT2D eigenvalue weighted by Crippen LogP contribution is 2.33. The molecule has 0 bridgehead atoms. The van der Waals surface area contributed by atoms with Crippen LogP contribution >= 0.6 is 0 Å². The van der Waals surface area contributed by atoms with Crippen LogP contribution in [0.2, 0.25) is 0 Å². The van der Waals surface area contributed by atoms with E-state index in [0.29, 0.717) is 31.7 Å². The number of rotatable bonds is 9. The molecule has 1 saturated heterocycles. The summed E-state index contributed by atoms with van der Waals surface area (Å²) in [6, 6.07) is 25.1. The number of aliphatic hydroxyl groups is 1. The average molecular weight is 557 g/mol. The molecule has 2 aliphatic heterocycles. The van der Waals surface area contributed by atoms with Crippen molar-refractivity contribution in [3.63, 3.8) is 0 Å². The van der Waals surface area contributed by atoms with Crippen LogP contribution in [0.3, 0.4) is 0 Å². The van der Waals surface area contributed by atoms with Crippen LogP contribution in [-0.4, -0.2) is 66.4 Å². The standard InChI is InChI=1S/C33H36N2O6/c1-39-33(38)28-13-11-27(12-14-28)29-19-30(41-31(20-29)40-23-26-9-7-25(22-36)8-10-26)32(37)35-17-15-34(16-18-35)21-24-5-3-2-4-6-24/h2-14,19,29,31,36H,15-18,20-23H2,1H3/t29-,31+/m1/s1. The van der Waals surface area contributed by atoms with Gasteiger partial charge in [0.25, 0.3) is 5.91 Å². The lowest BCUT2D eigenvalue weighted by Gasteiger charge is -2.36. The van der Waals surface area contributed by atoms with E-state index in [-0.39, 0.29) is 24.2 Å². The first-order valence-electron chi connectivity index (χ1n) is 13.9. The molecule has 2 heterocycles. The monoisotopic (exact) mass is 556 g/mol. The quantitative estimate of drug-likeness (QED) is 0.395. The van der Waals surface area contributed by atoms with Crippen molar-refractivity contribution >= 4 is 11.9 Å². The van der Waals surface area contributed by atoms with Crippen molar-refractivity contribution in [1.82, 2.24) is 9.80 Å². The summed E-state index contributed by atoms with van der Waals surface area (Å²) in [6.45, 7) is 3.97. The summed E-state index contributed by atoms with van der Waals surface area (Å²) in [5, 5.41) is 9.31. The van der Waals surface area contributed by atoms with Gasteiger partial charge in [-0.05, 0) is 40.5 Å². The van der Waals surface area contributed by atoms with Gasteiger partial charge in [-0.15, -0.1) is 0 Å². The Bertz CT molecular complexity index is 1330. The van der Waals surface area contributed by atoms with Gasteiger partial charge >= 0.3 is 5.97 Å². The number of carbonyl (C=O) groups is 2. The summed E-state index contributed by atoms with van der Waals surface area (Å²) in [6.07, 6.45) is 1.77. The number of piperazine rings is 1. The number of allylic oxidation sites excluding steroid dienone is 1. The first-order valence-corrected chi connectivity index (χ1v) is 13.9. The minimum atomic E-state index is -0.624. The van der Waals surface area contributed by atoms with E-state index >= 15 is 0 Å². The molecule has 1 amide bonds. The summed E-state index contributed by atoms with van der Waals surface area (Å²) in [7, 11) is 1.36. The van der Waals surface area contributed by atoms with Crippen LogP contribution in [0.25, 0.3) is 0 Å². The average Bonchev–Trinajstić information content (AvgIpc) is 3.04. The number of amides is 1. The van der Waals surface area contributed by atoms with Crippen LogP contribution in [0.1, 0.15) is 45.0 Å². The largest absolute Gasteiger partial charge is 0.465 e. The number of hydrogen-bond donors (Lipinski definition) is 1. The maximum atomic E-state index is 13.6. The van der Waals surface area contributed by atoms with Crippen molar-refractivity contribution in [2.24, 2.45) is 0 Å². The van der Waals surface area contributed by atoms with Gasteiger partial charge in [-0.3, -0.25) is 9.69 Å². The number of ether oxygens (including phenoxy) is 3. The summed E-state index contributed by atoms with van der Waals surface area (Å²) in [4.78, 5) is 29.8. The molecule has 3 aromatic carbocycles. The van der Waals surface area contributed by atoms with Gasteiger partial charge in [0.15, 0.2) is 5.76 Å². The molecule has 3 aromatic rings. The van der Waals surface area contributed by atoms with Crippen molar-refractivity contribution in [3.05, 3.63) is 119 Å². The third-order valence-electron chi connectivity index (χ3n) is 7.58. The van der Waals surface area contributed by atoms with Crippen LogP contribution in [0, 0.1) is 0 Å². The second kappa shape index (κ2) is 13.6. The molecule has 8 heteroatoms. The highest BCUT2D eigenvalue weighted by Gasteiger charge is 2.32. The van der Waals surface area contributed by atoms with Crippen LogP contribution in [-0.2, 0) is 38.8 Å². The third-order valence-corrected chi connectivity index (χ3v) is 7.58. The zero-order valence-electron chi connectivity index (χ0n) is 23.3. The molecule has 0 radical (unpaired) electrons. The molecule has 5 rings (SSSR count). The van der Waals surface area contributed by atoms with E-state index in [4.69, 9.17) is 14.2 Å². The lowest BCUT2D eigenvalue weighted by Crippen LogP contribution is -2.49. The van der Waals surface area contributed by atoms with E-state index in [1.165, 1.54) is 12.7 Å². The Balaban J connectivity index is 1.28. The third kappa shape index (κ3) is 7.41. The molecule has 1 fully saturated rings. The predicted molar refractivity (Wildman–Crippen MR) is 154 cm³/mol.